The molecular weight excluding hydrogens is 408 g/mol. The Bertz CT molecular complexity index is 906. The molecule has 0 spiro atoms. The molecule has 30 heavy (non-hydrogen) atoms. The highest BCUT2D eigenvalue weighted by Crippen LogP contribution is 2.38. The summed E-state index contributed by atoms with van der Waals surface area (Å²) >= 11 is 5.92. The second-order valence-electron chi connectivity index (χ2n) is 7.64. The van der Waals surface area contributed by atoms with Gasteiger partial charge in [0.25, 0.3) is 5.91 Å². The summed E-state index contributed by atoms with van der Waals surface area (Å²) in [5.74, 6) is -2.38. The van der Waals surface area contributed by atoms with E-state index in [4.69, 9.17) is 20.8 Å². The third kappa shape index (κ3) is 4.19. The van der Waals surface area contributed by atoms with Gasteiger partial charge in [0.2, 0.25) is 5.78 Å². The van der Waals surface area contributed by atoms with Crippen molar-refractivity contribution in [3.8, 4) is 0 Å². The summed E-state index contributed by atoms with van der Waals surface area (Å²) < 4.78 is 10.9. The number of nitrogens with zero attached hydrogens (tertiary/aromatic N) is 1. The molecule has 158 valence electrons. The first kappa shape index (κ1) is 20.8. The molecule has 2 atom stereocenters. The first-order valence-electron chi connectivity index (χ1n) is 10.2. The largest absolute Gasteiger partial charge is 0.467 e. The average molecular weight is 432 g/mol. The molecule has 1 aromatic heterocycles. The molecule has 3 heterocycles. The summed E-state index contributed by atoms with van der Waals surface area (Å²) in [6.07, 6.45) is 2.22. The molecule has 1 N–H and O–H groups in total. The van der Waals surface area contributed by atoms with Crippen molar-refractivity contribution in [1.82, 2.24) is 4.90 Å². The van der Waals surface area contributed by atoms with E-state index in [1.54, 1.807) is 36.4 Å². The fourth-order valence-corrected chi connectivity index (χ4v) is 4.33. The Morgan fingerprint density at radius 1 is 1.13 bits per heavy atom. The summed E-state index contributed by atoms with van der Waals surface area (Å²) in [6, 6.07) is 9.02. The zero-order valence-electron chi connectivity index (χ0n) is 16.5. The van der Waals surface area contributed by atoms with Crippen LogP contribution in [0.3, 0.4) is 0 Å². The molecule has 2 saturated heterocycles. The topological polar surface area (TPSA) is 81.3 Å². The third-order valence-corrected chi connectivity index (χ3v) is 6.03. The van der Waals surface area contributed by atoms with Gasteiger partial charge in [0.1, 0.15) is 30.8 Å². The van der Waals surface area contributed by atoms with E-state index < -0.39 is 29.4 Å². The van der Waals surface area contributed by atoms with Crippen LogP contribution in [0.5, 0.6) is 0 Å². The zero-order chi connectivity index (χ0) is 21.1. The Balaban J connectivity index is 1.55. The Labute approximate surface area is 179 Å². The summed E-state index contributed by atoms with van der Waals surface area (Å²) in [6.45, 7) is 4.62. The zero-order valence-corrected chi connectivity index (χ0v) is 17.3. The molecule has 0 radical (unpaired) electrons. The lowest BCUT2D eigenvalue weighted by molar-refractivity contribution is -0.908. The standard InChI is InChI=1S/C22H23ClN2O5/c23-16-6-4-15(5-7-16)20(26)18-19(17-3-1-12-30-17)25(22(28)21(18)27)9-2-8-24-10-13-29-14-11-24/h1,3-7,12,18-19H,2,8-11,13-14H2/p+1. The van der Waals surface area contributed by atoms with Crippen molar-refractivity contribution >= 4 is 29.1 Å². The normalized spacial score (nSPS) is 22.6. The van der Waals surface area contributed by atoms with Crippen LogP contribution in [0.15, 0.2) is 47.1 Å². The summed E-state index contributed by atoms with van der Waals surface area (Å²) in [4.78, 5) is 41.8. The van der Waals surface area contributed by atoms with Crippen molar-refractivity contribution in [2.75, 3.05) is 39.4 Å². The van der Waals surface area contributed by atoms with Gasteiger partial charge in [-0.2, -0.15) is 0 Å². The van der Waals surface area contributed by atoms with Crippen molar-refractivity contribution in [1.29, 1.82) is 0 Å². The molecule has 1 amide bonds. The highest BCUT2D eigenvalue weighted by molar-refractivity contribution is 6.44. The lowest BCUT2D eigenvalue weighted by Crippen LogP contribution is -3.14. The number of hydrogen-bond donors (Lipinski definition) is 1. The van der Waals surface area contributed by atoms with Gasteiger partial charge in [-0.3, -0.25) is 14.4 Å². The fourth-order valence-electron chi connectivity index (χ4n) is 4.21. The first-order chi connectivity index (χ1) is 14.6. The number of nitrogens with one attached hydrogen (secondary N) is 1. The van der Waals surface area contributed by atoms with E-state index in [0.717, 1.165) is 39.3 Å². The first-order valence-corrected chi connectivity index (χ1v) is 10.5. The van der Waals surface area contributed by atoms with Crippen LogP contribution in [0, 0.1) is 5.92 Å². The maximum Gasteiger partial charge on any atom is 0.291 e. The number of furan rings is 1. The van der Waals surface area contributed by atoms with Gasteiger partial charge in [-0.05, 0) is 36.4 Å². The minimum atomic E-state index is -1.12. The van der Waals surface area contributed by atoms with Gasteiger partial charge in [-0.25, -0.2) is 0 Å². The van der Waals surface area contributed by atoms with Crippen molar-refractivity contribution in [2.45, 2.75) is 12.5 Å². The van der Waals surface area contributed by atoms with Crippen LogP contribution in [-0.2, 0) is 14.3 Å². The van der Waals surface area contributed by atoms with Crippen LogP contribution >= 0.6 is 11.6 Å². The monoisotopic (exact) mass is 431 g/mol. The van der Waals surface area contributed by atoms with Crippen molar-refractivity contribution in [3.05, 3.63) is 59.0 Å². The van der Waals surface area contributed by atoms with E-state index in [1.165, 1.54) is 16.1 Å². The van der Waals surface area contributed by atoms with E-state index in [0.29, 0.717) is 22.9 Å². The maximum absolute atomic E-state index is 13.2. The van der Waals surface area contributed by atoms with E-state index in [2.05, 4.69) is 0 Å². The number of ether oxygens (including phenoxy) is 1. The minimum Gasteiger partial charge on any atom is -0.467 e. The number of carbonyl (C=O) groups excluding carboxylic acids is 3. The van der Waals surface area contributed by atoms with Crippen LogP contribution in [0.4, 0.5) is 0 Å². The molecular formula is C22H24ClN2O5+. The van der Waals surface area contributed by atoms with E-state index in [-0.39, 0.29) is 0 Å². The lowest BCUT2D eigenvalue weighted by atomic mass is 9.89. The number of Topliss-reactive ketones (excluding diaryl/α,β-unsaturated/α-hetero) is 2. The Hall–Kier alpha value is -2.48. The number of morpholine rings is 1. The van der Waals surface area contributed by atoms with E-state index in [9.17, 15) is 14.4 Å². The molecule has 8 heteroatoms. The number of ketones is 2. The molecule has 7 nitrogen and oxygen atoms in total. The van der Waals surface area contributed by atoms with Crippen LogP contribution in [0.1, 0.15) is 28.6 Å². The quantitative estimate of drug-likeness (QED) is 0.404. The minimum absolute atomic E-state index is 0.349. The van der Waals surface area contributed by atoms with Crippen LogP contribution in [0.25, 0.3) is 0 Å². The van der Waals surface area contributed by atoms with Crippen molar-refractivity contribution in [2.24, 2.45) is 5.92 Å². The van der Waals surface area contributed by atoms with Gasteiger partial charge < -0.3 is 19.0 Å². The average Bonchev–Trinajstić information content (AvgIpc) is 3.37. The van der Waals surface area contributed by atoms with Gasteiger partial charge in [0.15, 0.2) is 5.78 Å². The van der Waals surface area contributed by atoms with E-state index in [1.807, 2.05) is 0 Å². The number of carbonyl (C=O) groups is 3. The lowest BCUT2D eigenvalue weighted by Gasteiger charge is -2.27. The molecule has 2 unspecified atom stereocenters. The number of quaternary nitrogens is 1. The maximum atomic E-state index is 13.2. The molecule has 1 aromatic carbocycles. The molecule has 0 aliphatic carbocycles. The van der Waals surface area contributed by atoms with E-state index >= 15 is 0 Å². The molecule has 2 aliphatic rings. The highest BCUT2D eigenvalue weighted by Gasteiger charge is 2.52. The smallest absolute Gasteiger partial charge is 0.291 e. The van der Waals surface area contributed by atoms with Gasteiger partial charge in [-0.1, -0.05) is 11.6 Å². The molecule has 4 rings (SSSR count). The van der Waals surface area contributed by atoms with Crippen molar-refractivity contribution < 1.29 is 28.4 Å². The summed E-state index contributed by atoms with van der Waals surface area (Å²) in [5.41, 5.74) is 0.349. The van der Waals surface area contributed by atoms with Gasteiger partial charge in [0, 0.05) is 23.6 Å². The SMILES string of the molecule is O=C1C(=O)N(CCC[NH+]2CCOCC2)C(c2ccco2)C1C(=O)c1ccc(Cl)cc1. The number of rotatable bonds is 7. The van der Waals surface area contributed by atoms with Crippen LogP contribution < -0.4 is 4.90 Å². The Morgan fingerprint density at radius 2 is 1.87 bits per heavy atom. The molecule has 0 bridgehead atoms. The number of halogens is 1. The van der Waals surface area contributed by atoms with Crippen molar-refractivity contribution in [3.63, 3.8) is 0 Å². The second kappa shape index (κ2) is 9.12. The van der Waals surface area contributed by atoms with Gasteiger partial charge >= 0.3 is 0 Å². The predicted molar refractivity (Wildman–Crippen MR) is 108 cm³/mol. The Kier molecular flexibility index (Phi) is 6.32. The van der Waals surface area contributed by atoms with Gasteiger partial charge in [-0.15, -0.1) is 0 Å². The molecule has 2 fully saturated rings. The molecule has 2 aliphatic heterocycles. The Morgan fingerprint density at radius 3 is 2.53 bits per heavy atom. The highest BCUT2D eigenvalue weighted by atomic mass is 35.5. The summed E-state index contributed by atoms with van der Waals surface area (Å²) in [5, 5.41) is 0.496. The number of benzene rings is 1. The second-order valence-corrected chi connectivity index (χ2v) is 8.07. The number of hydrogen-bond acceptors (Lipinski definition) is 5. The van der Waals surface area contributed by atoms with Crippen LogP contribution in [-0.4, -0.2) is 61.8 Å². The third-order valence-electron chi connectivity index (χ3n) is 5.78. The number of likely N-dealkylation sites (tertiary alicyclic amines) is 1. The molecule has 2 aromatic rings. The predicted octanol–water partition coefficient (Wildman–Crippen LogP) is 1.19. The number of amides is 1. The van der Waals surface area contributed by atoms with Gasteiger partial charge in [0.05, 0.1) is 26.0 Å². The molecule has 0 saturated carbocycles. The summed E-state index contributed by atoms with van der Waals surface area (Å²) in [7, 11) is 0. The fraction of sp³-hybridized carbons (Fsp3) is 0.409. The van der Waals surface area contributed by atoms with Crippen LogP contribution in [0.2, 0.25) is 5.02 Å².